The zero-order valence-corrected chi connectivity index (χ0v) is 12.2. The van der Waals surface area contributed by atoms with E-state index in [0.29, 0.717) is 6.61 Å². The fourth-order valence-corrected chi connectivity index (χ4v) is 2.30. The van der Waals surface area contributed by atoms with Crippen LogP contribution in [0.15, 0.2) is 30.3 Å². The van der Waals surface area contributed by atoms with Crippen molar-refractivity contribution in [3.8, 4) is 0 Å². The molecule has 0 unspecified atom stereocenters. The lowest BCUT2D eigenvalue weighted by atomic mass is 9.90. The van der Waals surface area contributed by atoms with Crippen LogP contribution in [0.5, 0.6) is 0 Å². The molecule has 4 heteroatoms. The molecule has 1 fully saturated rings. The van der Waals surface area contributed by atoms with Crippen LogP contribution >= 0.6 is 12.4 Å². The minimum Gasteiger partial charge on any atom is -0.361 e. The Labute approximate surface area is 115 Å². The van der Waals surface area contributed by atoms with E-state index in [1.807, 2.05) is 44.3 Å². The third-order valence-corrected chi connectivity index (χ3v) is 3.93. The van der Waals surface area contributed by atoms with Gasteiger partial charge >= 0.3 is 0 Å². The van der Waals surface area contributed by atoms with Gasteiger partial charge in [-0.2, -0.15) is 0 Å². The molecule has 2 rings (SSSR count). The second-order valence-corrected chi connectivity index (χ2v) is 5.45. The van der Waals surface area contributed by atoms with E-state index in [0.717, 1.165) is 5.56 Å². The average molecular weight is 272 g/mol. The summed E-state index contributed by atoms with van der Waals surface area (Å²) in [7, 11) is 2.03. The lowest BCUT2D eigenvalue weighted by Crippen LogP contribution is -2.63. The molecule has 1 aromatic carbocycles. The first kappa shape index (κ1) is 15.4. The van der Waals surface area contributed by atoms with E-state index in [4.69, 9.17) is 4.74 Å². The van der Waals surface area contributed by atoms with Crippen molar-refractivity contribution < 1.29 is 9.84 Å². The Morgan fingerprint density at radius 3 is 2.39 bits per heavy atom. The SMILES string of the molecule is C[C@H]1N(C)C(C)(C)CO[C@]1(O)c1ccccc1.Cl. The van der Waals surface area contributed by atoms with Gasteiger partial charge in [-0.3, -0.25) is 4.90 Å². The third-order valence-electron chi connectivity index (χ3n) is 3.93. The van der Waals surface area contributed by atoms with Gasteiger partial charge in [0.2, 0.25) is 5.79 Å². The number of hydrogen-bond donors (Lipinski definition) is 1. The quantitative estimate of drug-likeness (QED) is 0.851. The number of rotatable bonds is 1. The molecular weight excluding hydrogens is 250 g/mol. The Balaban J connectivity index is 0.00000162. The van der Waals surface area contributed by atoms with Gasteiger partial charge in [-0.05, 0) is 27.8 Å². The predicted molar refractivity (Wildman–Crippen MR) is 74.8 cm³/mol. The molecule has 0 radical (unpaired) electrons. The van der Waals surface area contributed by atoms with Crippen LogP contribution in [0.3, 0.4) is 0 Å². The minimum atomic E-state index is -1.22. The molecule has 18 heavy (non-hydrogen) atoms. The highest BCUT2D eigenvalue weighted by atomic mass is 35.5. The van der Waals surface area contributed by atoms with Gasteiger partial charge < -0.3 is 9.84 Å². The van der Waals surface area contributed by atoms with Gasteiger partial charge in [0.15, 0.2) is 0 Å². The number of aliphatic hydroxyl groups is 1. The highest BCUT2D eigenvalue weighted by Gasteiger charge is 2.48. The van der Waals surface area contributed by atoms with E-state index in [9.17, 15) is 5.11 Å². The summed E-state index contributed by atoms with van der Waals surface area (Å²) in [6.45, 7) is 6.75. The van der Waals surface area contributed by atoms with Crippen LogP contribution in [0.2, 0.25) is 0 Å². The van der Waals surface area contributed by atoms with Crippen molar-refractivity contribution in [2.45, 2.75) is 38.1 Å². The normalized spacial score (nSPS) is 31.7. The lowest BCUT2D eigenvalue weighted by Gasteiger charge is -2.51. The maximum Gasteiger partial charge on any atom is 0.208 e. The van der Waals surface area contributed by atoms with E-state index < -0.39 is 5.79 Å². The number of benzene rings is 1. The van der Waals surface area contributed by atoms with Crippen LogP contribution in [-0.4, -0.2) is 35.2 Å². The molecule has 1 heterocycles. The van der Waals surface area contributed by atoms with Gasteiger partial charge in [0.1, 0.15) is 0 Å². The summed E-state index contributed by atoms with van der Waals surface area (Å²) in [5, 5.41) is 10.7. The van der Waals surface area contributed by atoms with Crippen molar-refractivity contribution in [1.29, 1.82) is 0 Å². The molecule has 0 amide bonds. The summed E-state index contributed by atoms with van der Waals surface area (Å²) in [5.41, 5.74) is 0.760. The Kier molecular flexibility index (Phi) is 4.44. The molecule has 1 aliphatic rings. The number of likely N-dealkylation sites (N-methyl/N-ethyl adjacent to an activating group) is 1. The van der Waals surface area contributed by atoms with Crippen molar-refractivity contribution >= 4 is 12.4 Å². The number of halogens is 1. The molecule has 102 valence electrons. The summed E-state index contributed by atoms with van der Waals surface area (Å²) < 4.78 is 5.76. The van der Waals surface area contributed by atoms with Crippen LogP contribution in [0.4, 0.5) is 0 Å². The van der Waals surface area contributed by atoms with Gasteiger partial charge in [0, 0.05) is 11.1 Å². The molecule has 0 saturated carbocycles. The van der Waals surface area contributed by atoms with Crippen LogP contribution in [0, 0.1) is 0 Å². The Hall–Kier alpha value is -0.610. The highest BCUT2D eigenvalue weighted by molar-refractivity contribution is 5.85. The number of nitrogens with zero attached hydrogens (tertiary/aromatic N) is 1. The topological polar surface area (TPSA) is 32.7 Å². The molecular formula is C14H22ClNO2. The van der Waals surface area contributed by atoms with Crippen molar-refractivity contribution in [2.75, 3.05) is 13.7 Å². The third kappa shape index (κ3) is 2.41. The summed E-state index contributed by atoms with van der Waals surface area (Å²) in [6.07, 6.45) is 0. The molecule has 0 aromatic heterocycles. The Bertz CT molecular complexity index is 396. The molecule has 0 spiro atoms. The molecule has 0 aliphatic carbocycles. The first-order chi connectivity index (χ1) is 7.88. The summed E-state index contributed by atoms with van der Waals surface area (Å²) in [5.74, 6) is -1.22. The molecule has 2 atom stereocenters. The van der Waals surface area contributed by atoms with E-state index in [1.54, 1.807) is 0 Å². The minimum absolute atomic E-state index is 0. The number of ether oxygens (including phenoxy) is 1. The molecule has 1 saturated heterocycles. The van der Waals surface area contributed by atoms with Crippen LogP contribution < -0.4 is 0 Å². The molecule has 1 aliphatic heterocycles. The first-order valence-electron chi connectivity index (χ1n) is 6.03. The second kappa shape index (κ2) is 5.17. The highest BCUT2D eigenvalue weighted by Crippen LogP contribution is 2.37. The molecule has 3 nitrogen and oxygen atoms in total. The fourth-order valence-electron chi connectivity index (χ4n) is 2.30. The van der Waals surface area contributed by atoms with E-state index in [2.05, 4.69) is 18.7 Å². The smallest absolute Gasteiger partial charge is 0.208 e. The van der Waals surface area contributed by atoms with Gasteiger partial charge in [0.25, 0.3) is 0 Å². The predicted octanol–water partition coefficient (Wildman–Crippen LogP) is 2.38. The molecule has 1 N–H and O–H groups in total. The van der Waals surface area contributed by atoms with Crippen LogP contribution in [-0.2, 0) is 10.5 Å². The molecule has 1 aromatic rings. The summed E-state index contributed by atoms with van der Waals surface area (Å²) in [6, 6.07) is 9.50. The summed E-state index contributed by atoms with van der Waals surface area (Å²) >= 11 is 0. The van der Waals surface area contributed by atoms with E-state index in [-0.39, 0.29) is 24.0 Å². The van der Waals surface area contributed by atoms with Gasteiger partial charge in [0.05, 0.1) is 12.6 Å². The maximum absolute atomic E-state index is 10.7. The van der Waals surface area contributed by atoms with E-state index >= 15 is 0 Å². The zero-order valence-electron chi connectivity index (χ0n) is 11.4. The van der Waals surface area contributed by atoms with Crippen molar-refractivity contribution in [1.82, 2.24) is 4.90 Å². The van der Waals surface area contributed by atoms with Crippen molar-refractivity contribution in [3.05, 3.63) is 35.9 Å². The average Bonchev–Trinajstić information content (AvgIpc) is 2.34. The van der Waals surface area contributed by atoms with Crippen molar-refractivity contribution in [2.24, 2.45) is 0 Å². The first-order valence-corrected chi connectivity index (χ1v) is 6.03. The second-order valence-electron chi connectivity index (χ2n) is 5.45. The monoisotopic (exact) mass is 271 g/mol. The zero-order chi connectivity index (χ0) is 12.7. The lowest BCUT2D eigenvalue weighted by molar-refractivity contribution is -0.298. The van der Waals surface area contributed by atoms with Crippen LogP contribution in [0.1, 0.15) is 26.3 Å². The standard InChI is InChI=1S/C14H21NO2.ClH/c1-11-14(16,12-8-6-5-7-9-12)17-10-13(2,3)15(11)4;/h5-9,11,16H,10H2,1-4H3;1H/t11-,14+;/m1./s1. The number of hydrogen-bond acceptors (Lipinski definition) is 3. The summed E-state index contributed by atoms with van der Waals surface area (Å²) in [4.78, 5) is 2.17. The van der Waals surface area contributed by atoms with Crippen LogP contribution in [0.25, 0.3) is 0 Å². The van der Waals surface area contributed by atoms with Gasteiger partial charge in [-0.15, -0.1) is 12.4 Å². The van der Waals surface area contributed by atoms with E-state index in [1.165, 1.54) is 0 Å². The van der Waals surface area contributed by atoms with Gasteiger partial charge in [-0.1, -0.05) is 30.3 Å². The fraction of sp³-hybridized carbons (Fsp3) is 0.571. The number of morpholine rings is 1. The Morgan fingerprint density at radius 1 is 1.28 bits per heavy atom. The maximum atomic E-state index is 10.7. The van der Waals surface area contributed by atoms with Crippen molar-refractivity contribution in [3.63, 3.8) is 0 Å². The molecule has 0 bridgehead atoms. The van der Waals surface area contributed by atoms with Gasteiger partial charge in [-0.25, -0.2) is 0 Å². The largest absolute Gasteiger partial charge is 0.361 e. The Morgan fingerprint density at radius 2 is 1.83 bits per heavy atom.